The number of hydrogen-bond acceptors (Lipinski definition) is 5. The monoisotopic (exact) mass is 330 g/mol. The maximum Gasteiger partial charge on any atom is 0.413 e. The van der Waals surface area contributed by atoms with E-state index in [9.17, 15) is 4.79 Å². The van der Waals surface area contributed by atoms with Crippen molar-refractivity contribution in [3.8, 4) is 0 Å². The topological polar surface area (TPSA) is 77.8 Å². The fraction of sp³-hybridized carbons (Fsp3) is 0.471. The van der Waals surface area contributed by atoms with E-state index in [-0.39, 0.29) is 0 Å². The Hall–Kier alpha value is -2.41. The first-order valence-electron chi connectivity index (χ1n) is 7.94. The van der Waals surface area contributed by atoms with Crippen LogP contribution in [0.15, 0.2) is 18.0 Å². The Morgan fingerprint density at radius 1 is 1.38 bits per heavy atom. The number of aryl methyl sites for hydroxylation is 1. The van der Waals surface area contributed by atoms with Crippen LogP contribution in [0.4, 0.5) is 10.6 Å². The molecule has 0 bridgehead atoms. The molecule has 1 saturated heterocycles. The molecule has 128 valence electrons. The van der Waals surface area contributed by atoms with Gasteiger partial charge in [0.1, 0.15) is 11.3 Å². The van der Waals surface area contributed by atoms with Crippen LogP contribution in [0.5, 0.6) is 0 Å². The first-order valence-corrected chi connectivity index (χ1v) is 7.94. The Kier molecular flexibility index (Phi) is 4.28. The molecular weight excluding hydrogens is 308 g/mol. The molecule has 0 radical (unpaired) electrons. The molecule has 1 fully saturated rings. The highest BCUT2D eigenvalue weighted by Crippen LogP contribution is 2.20. The summed E-state index contributed by atoms with van der Waals surface area (Å²) >= 11 is 0. The number of hydrogen-bond donors (Lipinski definition) is 1. The van der Waals surface area contributed by atoms with Crippen LogP contribution < -0.4 is 5.32 Å². The van der Waals surface area contributed by atoms with Gasteiger partial charge in [-0.2, -0.15) is 0 Å². The van der Waals surface area contributed by atoms with Crippen molar-refractivity contribution in [2.75, 3.05) is 18.5 Å². The summed E-state index contributed by atoms with van der Waals surface area (Å²) in [6.45, 7) is 8.75. The van der Waals surface area contributed by atoms with Crippen molar-refractivity contribution in [2.45, 2.75) is 39.7 Å². The second-order valence-electron chi connectivity index (χ2n) is 6.86. The molecule has 0 spiro atoms. The van der Waals surface area contributed by atoms with E-state index < -0.39 is 11.7 Å². The number of nitrogens with zero attached hydrogens (tertiary/aromatic N) is 3. The number of carbonyl (C=O) groups is 1. The molecule has 7 heteroatoms. The third-order valence-corrected chi connectivity index (χ3v) is 3.41. The minimum Gasteiger partial charge on any atom is -0.444 e. The summed E-state index contributed by atoms with van der Waals surface area (Å²) < 4.78 is 12.5. The molecule has 0 unspecified atom stereocenters. The van der Waals surface area contributed by atoms with Gasteiger partial charge in [-0.15, -0.1) is 0 Å². The molecule has 3 rings (SSSR count). The van der Waals surface area contributed by atoms with Gasteiger partial charge in [0.2, 0.25) is 0 Å². The highest BCUT2D eigenvalue weighted by Gasteiger charge is 2.18. The smallest absolute Gasteiger partial charge is 0.413 e. The lowest BCUT2D eigenvalue weighted by Gasteiger charge is -2.18. The molecule has 24 heavy (non-hydrogen) atoms. The average molecular weight is 330 g/mol. The number of amides is 1. The maximum absolute atomic E-state index is 11.9. The van der Waals surface area contributed by atoms with Gasteiger partial charge in [0.15, 0.2) is 11.5 Å². The van der Waals surface area contributed by atoms with Crippen LogP contribution in [0.2, 0.25) is 0 Å². The lowest BCUT2D eigenvalue weighted by Crippen LogP contribution is -2.27. The summed E-state index contributed by atoms with van der Waals surface area (Å²) in [5.41, 5.74) is 2.97. The van der Waals surface area contributed by atoms with Crippen LogP contribution in [0.3, 0.4) is 0 Å². The van der Waals surface area contributed by atoms with Crippen LogP contribution in [0.25, 0.3) is 11.7 Å². The molecule has 0 saturated carbocycles. The van der Waals surface area contributed by atoms with Crippen molar-refractivity contribution >= 4 is 23.6 Å². The van der Waals surface area contributed by atoms with Crippen molar-refractivity contribution in [3.63, 3.8) is 0 Å². The van der Waals surface area contributed by atoms with E-state index >= 15 is 0 Å². The molecule has 1 aliphatic rings. The fourth-order valence-electron chi connectivity index (χ4n) is 2.50. The lowest BCUT2D eigenvalue weighted by molar-refractivity contribution is 0.0635. The Morgan fingerprint density at radius 2 is 2.17 bits per heavy atom. The third-order valence-electron chi connectivity index (χ3n) is 3.41. The number of ether oxygens (including phenoxy) is 2. The number of aromatic nitrogens is 3. The SMILES string of the molecule is Cc1cn2cc(NC(=O)OC(C)(C)C)nc2c(/C=C2/CCOC2)n1. The molecule has 3 heterocycles. The van der Waals surface area contributed by atoms with Gasteiger partial charge in [-0.1, -0.05) is 0 Å². The highest BCUT2D eigenvalue weighted by molar-refractivity contribution is 5.84. The van der Waals surface area contributed by atoms with Crippen LogP contribution in [0.1, 0.15) is 38.6 Å². The zero-order valence-corrected chi connectivity index (χ0v) is 14.4. The van der Waals surface area contributed by atoms with Gasteiger partial charge >= 0.3 is 6.09 Å². The molecule has 0 atom stereocenters. The molecule has 7 nitrogen and oxygen atoms in total. The first-order chi connectivity index (χ1) is 11.3. The molecule has 2 aromatic heterocycles. The summed E-state index contributed by atoms with van der Waals surface area (Å²) in [6, 6.07) is 0. The van der Waals surface area contributed by atoms with E-state index in [0.29, 0.717) is 18.1 Å². The van der Waals surface area contributed by atoms with Crippen molar-refractivity contribution < 1.29 is 14.3 Å². The molecule has 0 aliphatic carbocycles. The van der Waals surface area contributed by atoms with Gasteiger partial charge in [-0.05, 0) is 45.8 Å². The number of imidazole rings is 1. The van der Waals surface area contributed by atoms with Crippen molar-refractivity contribution in [2.24, 2.45) is 0 Å². The number of fused-ring (bicyclic) bond motifs is 1. The van der Waals surface area contributed by atoms with E-state index in [2.05, 4.69) is 15.3 Å². The Morgan fingerprint density at radius 3 is 2.83 bits per heavy atom. The summed E-state index contributed by atoms with van der Waals surface area (Å²) in [5, 5.41) is 2.66. The third kappa shape index (κ3) is 3.91. The first kappa shape index (κ1) is 16.4. The Balaban J connectivity index is 1.90. The summed E-state index contributed by atoms with van der Waals surface area (Å²) in [6.07, 6.45) is 6.02. The number of rotatable bonds is 2. The van der Waals surface area contributed by atoms with Gasteiger partial charge in [0.05, 0.1) is 25.1 Å². The number of carbonyl (C=O) groups excluding carboxylic acids is 1. The highest BCUT2D eigenvalue weighted by atomic mass is 16.6. The second kappa shape index (κ2) is 6.24. The minimum atomic E-state index is -0.556. The van der Waals surface area contributed by atoms with E-state index in [1.54, 1.807) is 6.20 Å². The largest absolute Gasteiger partial charge is 0.444 e. The quantitative estimate of drug-likeness (QED) is 0.915. The van der Waals surface area contributed by atoms with Gasteiger partial charge in [-0.25, -0.2) is 14.8 Å². The van der Waals surface area contributed by atoms with E-state index in [1.165, 1.54) is 5.57 Å². The summed E-state index contributed by atoms with van der Waals surface area (Å²) in [4.78, 5) is 20.9. The predicted molar refractivity (Wildman–Crippen MR) is 91.0 cm³/mol. The zero-order valence-electron chi connectivity index (χ0n) is 14.4. The van der Waals surface area contributed by atoms with Gasteiger partial charge in [0.25, 0.3) is 0 Å². The maximum atomic E-state index is 11.9. The van der Waals surface area contributed by atoms with Crippen molar-refractivity contribution in [1.82, 2.24) is 14.4 Å². The van der Waals surface area contributed by atoms with Crippen LogP contribution in [0, 0.1) is 6.92 Å². The summed E-state index contributed by atoms with van der Waals surface area (Å²) in [7, 11) is 0. The van der Waals surface area contributed by atoms with Crippen LogP contribution in [-0.4, -0.2) is 39.3 Å². The molecule has 0 aromatic carbocycles. The Labute approximate surface area is 140 Å². The normalized spacial score (nSPS) is 16.8. The molecule has 1 aliphatic heterocycles. The fourth-order valence-corrected chi connectivity index (χ4v) is 2.50. The standard InChI is InChI=1S/C17H22N4O3/c1-11-8-21-9-14(20-16(22)24-17(2,3)4)19-15(21)13(18-11)7-12-5-6-23-10-12/h7-9H,5-6,10H2,1-4H3,(H,20,22)/b12-7-. The molecular formula is C17H22N4O3. The minimum absolute atomic E-state index is 0.430. The van der Waals surface area contributed by atoms with Gasteiger partial charge in [-0.3, -0.25) is 5.32 Å². The van der Waals surface area contributed by atoms with E-state index in [1.807, 2.05) is 44.4 Å². The molecule has 1 amide bonds. The number of nitrogens with one attached hydrogen (secondary N) is 1. The molecule has 2 aromatic rings. The van der Waals surface area contributed by atoms with Crippen molar-refractivity contribution in [3.05, 3.63) is 29.4 Å². The average Bonchev–Trinajstić information content (AvgIpc) is 3.05. The van der Waals surface area contributed by atoms with E-state index in [4.69, 9.17) is 9.47 Å². The molecule has 1 N–H and O–H groups in total. The van der Waals surface area contributed by atoms with Crippen LogP contribution >= 0.6 is 0 Å². The van der Waals surface area contributed by atoms with Gasteiger partial charge < -0.3 is 13.9 Å². The summed E-state index contributed by atoms with van der Waals surface area (Å²) in [5.74, 6) is 0.430. The lowest BCUT2D eigenvalue weighted by atomic mass is 10.2. The van der Waals surface area contributed by atoms with Gasteiger partial charge in [0, 0.05) is 6.20 Å². The number of anilines is 1. The van der Waals surface area contributed by atoms with Crippen molar-refractivity contribution in [1.29, 1.82) is 0 Å². The Bertz CT molecular complexity index is 794. The predicted octanol–water partition coefficient (Wildman–Crippen LogP) is 3.19. The van der Waals surface area contributed by atoms with E-state index in [0.717, 1.165) is 24.4 Å². The zero-order chi connectivity index (χ0) is 17.3. The van der Waals surface area contributed by atoms with Crippen LogP contribution in [-0.2, 0) is 9.47 Å². The second-order valence-corrected chi connectivity index (χ2v) is 6.86.